The lowest BCUT2D eigenvalue weighted by molar-refractivity contribution is -0.153. The van der Waals surface area contributed by atoms with Gasteiger partial charge in [0.05, 0.1) is 22.9 Å². The van der Waals surface area contributed by atoms with E-state index >= 15 is 0 Å². The molecule has 0 spiro atoms. The molecule has 12 nitrogen and oxygen atoms in total. The third-order valence-electron chi connectivity index (χ3n) is 8.48. The monoisotopic (exact) mass is 748 g/mol. The third kappa shape index (κ3) is 9.40. The maximum absolute atomic E-state index is 13.4. The largest absolute Gasteiger partial charge is 0.484 e. The van der Waals surface area contributed by atoms with Crippen LogP contribution in [0.5, 0.6) is 17.4 Å². The van der Waals surface area contributed by atoms with Crippen LogP contribution in [0.2, 0.25) is 0 Å². The molecule has 3 aromatic carbocycles. The fourth-order valence-electron chi connectivity index (χ4n) is 5.82. The number of benzene rings is 3. The highest BCUT2D eigenvalue weighted by Crippen LogP contribution is 2.28. The minimum Gasteiger partial charge on any atom is -0.484 e. The Bertz CT molecular complexity index is 2320. The van der Waals surface area contributed by atoms with Gasteiger partial charge in [0.1, 0.15) is 22.1 Å². The number of nitrogens with two attached hydrogens (primary N) is 1. The number of hydrogen-bond acceptors (Lipinski definition) is 9. The van der Waals surface area contributed by atoms with Gasteiger partial charge in [-0.15, -0.1) is 0 Å². The second-order valence-corrected chi connectivity index (χ2v) is 13.7. The molecule has 0 atom stereocenters. The fraction of sp³-hybridized carbons (Fsp3) is 0.216. The first-order valence-corrected chi connectivity index (χ1v) is 17.8. The van der Waals surface area contributed by atoms with Gasteiger partial charge in [-0.2, -0.15) is 21.6 Å². The van der Waals surface area contributed by atoms with Crippen LogP contribution >= 0.6 is 0 Å². The number of amides is 1. The van der Waals surface area contributed by atoms with Crippen LogP contribution in [0, 0.1) is 0 Å². The molecule has 0 aliphatic carbocycles. The van der Waals surface area contributed by atoms with Crippen molar-refractivity contribution in [3.63, 3.8) is 0 Å². The summed E-state index contributed by atoms with van der Waals surface area (Å²) in [7, 11) is -2.33. The highest BCUT2D eigenvalue weighted by molar-refractivity contribution is 7.86. The van der Waals surface area contributed by atoms with Crippen LogP contribution in [-0.2, 0) is 23.7 Å². The molecule has 0 unspecified atom stereocenters. The van der Waals surface area contributed by atoms with Crippen molar-refractivity contribution in [2.24, 2.45) is 7.05 Å². The van der Waals surface area contributed by atoms with Crippen molar-refractivity contribution < 1.29 is 40.4 Å². The summed E-state index contributed by atoms with van der Waals surface area (Å²) in [6.07, 6.45) is -1.35. The lowest BCUT2D eigenvalue weighted by atomic mass is 10.2. The van der Waals surface area contributed by atoms with Crippen LogP contribution in [0.15, 0.2) is 108 Å². The molecule has 3 aromatic heterocycles. The molecule has 16 heteroatoms. The number of ether oxygens (including phenoxy) is 2. The van der Waals surface area contributed by atoms with Gasteiger partial charge in [0.15, 0.2) is 6.61 Å². The van der Waals surface area contributed by atoms with Gasteiger partial charge in [-0.3, -0.25) is 19.2 Å². The summed E-state index contributed by atoms with van der Waals surface area (Å²) in [5.74, 6) is 1.18. The standard InChI is InChI=1S/C28H28F3N5O3.C9H7NO3S/c1-34-24-15-23(39-26-9-5-21(32)16-33-26)8-4-20(24)14-25(34)27(37)36-12-10-35(11-13-36)17-19-2-6-22(7-3-19)38-18-28(29,30)31;11-14(12,13)8-5-1-3-7-4-2-6-10-9(7)8/h2-9,14-16H,10-13,17-18,32H2,1H3;1-6H,(H,11,12,13). The fourth-order valence-corrected chi connectivity index (χ4v) is 6.49. The van der Waals surface area contributed by atoms with Crippen LogP contribution in [0.4, 0.5) is 18.9 Å². The van der Waals surface area contributed by atoms with Crippen molar-refractivity contribution in [1.29, 1.82) is 0 Å². The van der Waals surface area contributed by atoms with Crippen LogP contribution in [0.25, 0.3) is 21.8 Å². The van der Waals surface area contributed by atoms with E-state index in [1.54, 1.807) is 60.7 Å². The number of fused-ring (bicyclic) bond motifs is 2. The Labute approximate surface area is 302 Å². The SMILES string of the molecule is Cn1c(C(=O)N2CCN(Cc3ccc(OCC(F)(F)F)cc3)CC2)cc2ccc(Oc3ccc(N)cn3)cc21.O=S(=O)(O)c1cccc2cccnc12. The molecule has 1 aliphatic heterocycles. The number of piperazine rings is 1. The third-order valence-corrected chi connectivity index (χ3v) is 9.37. The number of halogens is 3. The molecule has 276 valence electrons. The number of nitrogens with zero attached hydrogens (tertiary/aromatic N) is 5. The second kappa shape index (κ2) is 15.5. The minimum absolute atomic E-state index is 0.0396. The van der Waals surface area contributed by atoms with Crippen LogP contribution in [-0.4, -0.2) is 82.2 Å². The molecule has 7 rings (SSSR count). The Kier molecular flexibility index (Phi) is 10.8. The topological polar surface area (TPSA) is 153 Å². The highest BCUT2D eigenvalue weighted by Gasteiger charge is 2.28. The van der Waals surface area contributed by atoms with Crippen molar-refractivity contribution in [3.05, 3.63) is 115 Å². The molecule has 53 heavy (non-hydrogen) atoms. The normalized spacial score (nSPS) is 13.8. The molecule has 1 amide bonds. The van der Waals surface area contributed by atoms with E-state index < -0.39 is 22.9 Å². The lowest BCUT2D eigenvalue weighted by Gasteiger charge is -2.34. The number of hydrogen-bond donors (Lipinski definition) is 2. The van der Waals surface area contributed by atoms with Crippen LogP contribution in [0.3, 0.4) is 0 Å². The molecule has 1 fully saturated rings. The minimum atomic E-state index is -4.37. The zero-order valence-corrected chi connectivity index (χ0v) is 29.2. The summed E-state index contributed by atoms with van der Waals surface area (Å²) >= 11 is 0. The Morgan fingerprint density at radius 2 is 1.60 bits per heavy atom. The van der Waals surface area contributed by atoms with E-state index in [0.717, 1.165) is 16.5 Å². The van der Waals surface area contributed by atoms with E-state index in [2.05, 4.69) is 14.9 Å². The smallest absolute Gasteiger partial charge is 0.422 e. The van der Waals surface area contributed by atoms with Gasteiger partial charge in [-0.25, -0.2) is 4.98 Å². The molecule has 0 radical (unpaired) electrons. The molecule has 0 saturated carbocycles. The molecule has 4 heterocycles. The number of aryl methyl sites for hydroxylation is 1. The van der Waals surface area contributed by atoms with Crippen molar-refractivity contribution in [1.82, 2.24) is 24.3 Å². The van der Waals surface area contributed by atoms with Crippen molar-refractivity contribution in [3.8, 4) is 17.4 Å². The average molecular weight is 749 g/mol. The number of anilines is 1. The number of carbonyl (C=O) groups excluding carboxylic acids is 1. The maximum Gasteiger partial charge on any atom is 0.422 e. The first kappa shape index (κ1) is 37.1. The summed E-state index contributed by atoms with van der Waals surface area (Å²) in [4.78, 5) is 25.3. The number of para-hydroxylation sites is 1. The Balaban J connectivity index is 0.000000286. The first-order chi connectivity index (χ1) is 25.2. The predicted octanol–water partition coefficient (Wildman–Crippen LogP) is 6.33. The van der Waals surface area contributed by atoms with E-state index in [1.165, 1.54) is 18.5 Å². The van der Waals surface area contributed by atoms with Gasteiger partial charge in [-0.05, 0) is 54.1 Å². The van der Waals surface area contributed by atoms with Crippen molar-refractivity contribution in [2.75, 3.05) is 38.5 Å². The number of rotatable bonds is 8. The zero-order valence-electron chi connectivity index (χ0n) is 28.4. The van der Waals surface area contributed by atoms with E-state index in [4.69, 9.17) is 19.8 Å². The molecule has 1 saturated heterocycles. The van der Waals surface area contributed by atoms with Crippen molar-refractivity contribution in [2.45, 2.75) is 17.6 Å². The summed E-state index contributed by atoms with van der Waals surface area (Å²) in [5.41, 5.74) is 8.95. The quantitative estimate of drug-likeness (QED) is 0.169. The summed E-state index contributed by atoms with van der Waals surface area (Å²) < 4.78 is 80.3. The van der Waals surface area contributed by atoms with Gasteiger partial charge < -0.3 is 24.7 Å². The molecule has 1 aliphatic rings. The first-order valence-electron chi connectivity index (χ1n) is 16.3. The molecule has 3 N–H and O–H groups in total. The number of nitrogen functional groups attached to an aromatic ring is 1. The van der Waals surface area contributed by atoms with Gasteiger partial charge >= 0.3 is 6.18 Å². The number of aromatic nitrogens is 3. The van der Waals surface area contributed by atoms with Gasteiger partial charge in [0.2, 0.25) is 5.88 Å². The van der Waals surface area contributed by atoms with E-state index in [0.29, 0.717) is 61.1 Å². The predicted molar refractivity (Wildman–Crippen MR) is 192 cm³/mol. The lowest BCUT2D eigenvalue weighted by Crippen LogP contribution is -2.48. The zero-order chi connectivity index (χ0) is 37.8. The Morgan fingerprint density at radius 3 is 2.28 bits per heavy atom. The number of carbonyl (C=O) groups is 1. The highest BCUT2D eigenvalue weighted by atomic mass is 32.2. The number of pyridine rings is 2. The van der Waals surface area contributed by atoms with Crippen molar-refractivity contribution >= 4 is 43.5 Å². The summed E-state index contributed by atoms with van der Waals surface area (Å²) in [5, 5.41) is 1.61. The molecular formula is C37H35F3N6O6S. The van der Waals surface area contributed by atoms with Gasteiger partial charge in [0, 0.05) is 68.9 Å². The van der Waals surface area contributed by atoms with Crippen LogP contribution < -0.4 is 15.2 Å². The van der Waals surface area contributed by atoms with Gasteiger partial charge in [0.25, 0.3) is 16.0 Å². The maximum atomic E-state index is 13.4. The second-order valence-electron chi connectivity index (χ2n) is 12.3. The Morgan fingerprint density at radius 1 is 0.887 bits per heavy atom. The molecule has 6 aromatic rings. The van der Waals surface area contributed by atoms with E-state index in [-0.39, 0.29) is 22.1 Å². The van der Waals surface area contributed by atoms with E-state index in [1.807, 2.05) is 40.8 Å². The summed E-state index contributed by atoms with van der Waals surface area (Å²) in [6.45, 7) is 1.86. The average Bonchev–Trinajstić information content (AvgIpc) is 3.47. The Hall–Kier alpha value is -5.71. The van der Waals surface area contributed by atoms with E-state index in [9.17, 15) is 26.4 Å². The van der Waals surface area contributed by atoms with Gasteiger partial charge in [-0.1, -0.05) is 30.3 Å². The number of alkyl halides is 3. The molecular weight excluding hydrogens is 714 g/mol. The molecule has 0 bridgehead atoms. The van der Waals surface area contributed by atoms with Crippen LogP contribution in [0.1, 0.15) is 16.1 Å². The summed E-state index contributed by atoms with van der Waals surface area (Å²) in [6, 6.07) is 25.6.